The van der Waals surface area contributed by atoms with Crippen LogP contribution in [0.3, 0.4) is 0 Å². The molecular formula is C24H29N5O3. The Morgan fingerprint density at radius 2 is 1.97 bits per heavy atom. The third-order valence-corrected chi connectivity index (χ3v) is 5.95. The number of imidazole rings is 1. The van der Waals surface area contributed by atoms with Gasteiger partial charge in [0.1, 0.15) is 5.82 Å². The molecular weight excluding hydrogens is 406 g/mol. The SMILES string of the molecule is CCCCn1c(CN2CCCCC2)nc2cc(NC(=O)c3cccc([N+](=O)[O-])c3)ccc21. The van der Waals surface area contributed by atoms with Crippen molar-refractivity contribution in [2.75, 3.05) is 18.4 Å². The number of nitro groups is 1. The van der Waals surface area contributed by atoms with Crippen LogP contribution in [0.2, 0.25) is 0 Å². The molecule has 0 atom stereocenters. The first-order valence-electron chi connectivity index (χ1n) is 11.3. The third kappa shape index (κ3) is 4.96. The number of carbonyl (C=O) groups excluding carboxylic acids is 1. The molecule has 0 saturated carbocycles. The number of likely N-dealkylation sites (tertiary alicyclic amines) is 1. The van der Waals surface area contributed by atoms with Gasteiger partial charge in [-0.25, -0.2) is 4.98 Å². The van der Waals surface area contributed by atoms with Crippen molar-refractivity contribution in [1.82, 2.24) is 14.5 Å². The minimum absolute atomic E-state index is 0.106. The van der Waals surface area contributed by atoms with Crippen LogP contribution in [-0.2, 0) is 13.1 Å². The van der Waals surface area contributed by atoms with Crippen molar-refractivity contribution in [3.63, 3.8) is 0 Å². The molecule has 1 fully saturated rings. The molecule has 32 heavy (non-hydrogen) atoms. The standard InChI is InChI=1S/C24H29N5O3/c1-2-3-14-28-22-11-10-19(25-24(30)18-8-7-9-20(15-18)29(31)32)16-21(22)26-23(28)17-27-12-5-4-6-13-27/h7-11,15-16H,2-6,12-14,17H2,1H3,(H,25,30). The molecule has 1 aliphatic rings. The first-order chi connectivity index (χ1) is 15.5. The van der Waals surface area contributed by atoms with Crippen LogP contribution < -0.4 is 5.32 Å². The number of aryl methyl sites for hydroxylation is 1. The number of fused-ring (bicyclic) bond motifs is 1. The topological polar surface area (TPSA) is 93.3 Å². The first kappa shape index (κ1) is 22.0. The molecule has 2 heterocycles. The van der Waals surface area contributed by atoms with Gasteiger partial charge in [0.05, 0.1) is 22.5 Å². The number of non-ortho nitro benzene ring substituents is 1. The highest BCUT2D eigenvalue weighted by Gasteiger charge is 2.17. The van der Waals surface area contributed by atoms with Gasteiger partial charge in [-0.05, 0) is 56.6 Å². The highest BCUT2D eigenvalue weighted by atomic mass is 16.6. The van der Waals surface area contributed by atoms with E-state index in [4.69, 9.17) is 4.98 Å². The number of rotatable bonds is 8. The van der Waals surface area contributed by atoms with Gasteiger partial charge in [-0.1, -0.05) is 25.8 Å². The fraction of sp³-hybridized carbons (Fsp3) is 0.417. The van der Waals surface area contributed by atoms with Gasteiger partial charge in [-0.3, -0.25) is 19.8 Å². The van der Waals surface area contributed by atoms with Crippen LogP contribution in [0.5, 0.6) is 0 Å². The molecule has 0 radical (unpaired) electrons. The monoisotopic (exact) mass is 435 g/mol. The molecule has 1 amide bonds. The third-order valence-electron chi connectivity index (χ3n) is 5.95. The van der Waals surface area contributed by atoms with Crippen molar-refractivity contribution in [2.45, 2.75) is 52.1 Å². The van der Waals surface area contributed by atoms with E-state index in [9.17, 15) is 14.9 Å². The zero-order valence-corrected chi connectivity index (χ0v) is 18.4. The highest BCUT2D eigenvalue weighted by molar-refractivity contribution is 6.05. The maximum Gasteiger partial charge on any atom is 0.270 e. The van der Waals surface area contributed by atoms with Crippen molar-refractivity contribution in [2.24, 2.45) is 0 Å². The molecule has 4 rings (SSSR count). The second-order valence-corrected chi connectivity index (χ2v) is 8.34. The van der Waals surface area contributed by atoms with Gasteiger partial charge in [-0.2, -0.15) is 0 Å². The number of nitrogens with zero attached hydrogens (tertiary/aromatic N) is 4. The fourth-order valence-electron chi connectivity index (χ4n) is 4.23. The van der Waals surface area contributed by atoms with Gasteiger partial charge in [0.2, 0.25) is 0 Å². The number of nitrogens with one attached hydrogen (secondary N) is 1. The highest BCUT2D eigenvalue weighted by Crippen LogP contribution is 2.24. The second-order valence-electron chi connectivity index (χ2n) is 8.34. The number of piperidine rings is 1. The summed E-state index contributed by atoms with van der Waals surface area (Å²) < 4.78 is 2.31. The van der Waals surface area contributed by atoms with E-state index in [1.807, 2.05) is 18.2 Å². The summed E-state index contributed by atoms with van der Waals surface area (Å²) in [5.74, 6) is 0.685. The van der Waals surface area contributed by atoms with Crippen LogP contribution in [-0.4, -0.2) is 38.4 Å². The Balaban J connectivity index is 1.58. The molecule has 1 aliphatic heterocycles. The number of nitro benzene ring substituents is 1. The predicted molar refractivity (Wildman–Crippen MR) is 125 cm³/mol. The van der Waals surface area contributed by atoms with Gasteiger partial charge >= 0.3 is 0 Å². The molecule has 8 nitrogen and oxygen atoms in total. The van der Waals surface area contributed by atoms with Crippen molar-refractivity contribution < 1.29 is 9.72 Å². The molecule has 168 valence electrons. The molecule has 0 unspecified atom stereocenters. The molecule has 1 aromatic heterocycles. The Labute approximate surface area is 187 Å². The average molecular weight is 436 g/mol. The normalized spacial score (nSPS) is 14.5. The van der Waals surface area contributed by atoms with Crippen molar-refractivity contribution in [1.29, 1.82) is 0 Å². The molecule has 0 spiro atoms. The lowest BCUT2D eigenvalue weighted by molar-refractivity contribution is -0.384. The summed E-state index contributed by atoms with van der Waals surface area (Å²) in [7, 11) is 0. The van der Waals surface area contributed by atoms with Crippen LogP contribution in [0.1, 0.15) is 55.2 Å². The Morgan fingerprint density at radius 3 is 2.72 bits per heavy atom. The predicted octanol–water partition coefficient (Wildman–Crippen LogP) is 4.98. The van der Waals surface area contributed by atoms with Crippen molar-refractivity contribution >= 4 is 28.3 Å². The summed E-state index contributed by atoms with van der Waals surface area (Å²) in [5.41, 5.74) is 2.69. The van der Waals surface area contributed by atoms with Crippen LogP contribution in [0.15, 0.2) is 42.5 Å². The summed E-state index contributed by atoms with van der Waals surface area (Å²) in [6, 6.07) is 11.5. The quantitative estimate of drug-likeness (QED) is 0.398. The Bertz CT molecular complexity index is 1120. The van der Waals surface area contributed by atoms with E-state index in [2.05, 4.69) is 21.7 Å². The zero-order chi connectivity index (χ0) is 22.5. The first-order valence-corrected chi connectivity index (χ1v) is 11.3. The lowest BCUT2D eigenvalue weighted by atomic mass is 10.1. The summed E-state index contributed by atoms with van der Waals surface area (Å²) in [5, 5.41) is 13.8. The van der Waals surface area contributed by atoms with E-state index in [1.54, 1.807) is 6.07 Å². The Kier molecular flexibility index (Phi) is 6.80. The van der Waals surface area contributed by atoms with Gasteiger partial charge in [0.25, 0.3) is 11.6 Å². The van der Waals surface area contributed by atoms with E-state index >= 15 is 0 Å². The van der Waals surface area contributed by atoms with Crippen LogP contribution in [0.25, 0.3) is 11.0 Å². The Hall–Kier alpha value is -3.26. The van der Waals surface area contributed by atoms with E-state index in [0.29, 0.717) is 5.69 Å². The van der Waals surface area contributed by atoms with Gasteiger partial charge < -0.3 is 9.88 Å². The average Bonchev–Trinajstić information content (AvgIpc) is 3.14. The zero-order valence-electron chi connectivity index (χ0n) is 18.4. The largest absolute Gasteiger partial charge is 0.327 e. The van der Waals surface area contributed by atoms with E-state index in [-0.39, 0.29) is 17.2 Å². The lowest BCUT2D eigenvalue weighted by Gasteiger charge is -2.26. The summed E-state index contributed by atoms with van der Waals surface area (Å²) in [4.78, 5) is 30.5. The lowest BCUT2D eigenvalue weighted by Crippen LogP contribution is -2.30. The van der Waals surface area contributed by atoms with Gasteiger partial charge in [-0.15, -0.1) is 0 Å². The molecule has 0 aliphatic carbocycles. The number of carbonyl (C=O) groups is 1. The maximum atomic E-state index is 12.6. The number of hydrogen-bond acceptors (Lipinski definition) is 5. The van der Waals surface area contributed by atoms with Crippen molar-refractivity contribution in [3.05, 3.63) is 64.0 Å². The van der Waals surface area contributed by atoms with Crippen LogP contribution >= 0.6 is 0 Å². The minimum Gasteiger partial charge on any atom is -0.327 e. The molecule has 1 saturated heterocycles. The summed E-state index contributed by atoms with van der Waals surface area (Å²) in [6.45, 7) is 6.18. The fourth-order valence-corrected chi connectivity index (χ4v) is 4.23. The molecule has 2 aromatic carbocycles. The second kappa shape index (κ2) is 9.91. The number of amides is 1. The van der Waals surface area contributed by atoms with Gasteiger partial charge in [0, 0.05) is 29.9 Å². The number of benzene rings is 2. The summed E-state index contributed by atoms with van der Waals surface area (Å²) in [6.07, 6.45) is 5.98. The van der Waals surface area contributed by atoms with Crippen LogP contribution in [0.4, 0.5) is 11.4 Å². The summed E-state index contributed by atoms with van der Waals surface area (Å²) >= 11 is 0. The number of anilines is 1. The number of hydrogen-bond donors (Lipinski definition) is 1. The van der Waals surface area contributed by atoms with E-state index in [1.165, 1.54) is 37.5 Å². The smallest absolute Gasteiger partial charge is 0.270 e. The molecule has 3 aromatic rings. The van der Waals surface area contributed by atoms with E-state index < -0.39 is 4.92 Å². The van der Waals surface area contributed by atoms with Gasteiger partial charge in [0.15, 0.2) is 0 Å². The number of unbranched alkanes of at least 4 members (excludes halogenated alkanes) is 1. The van der Waals surface area contributed by atoms with Crippen LogP contribution in [0, 0.1) is 10.1 Å². The Morgan fingerprint density at radius 1 is 1.16 bits per heavy atom. The van der Waals surface area contributed by atoms with E-state index in [0.717, 1.165) is 55.9 Å². The minimum atomic E-state index is -0.504. The maximum absolute atomic E-state index is 12.6. The molecule has 0 bridgehead atoms. The molecule has 8 heteroatoms. The molecule has 1 N–H and O–H groups in total. The number of aromatic nitrogens is 2. The van der Waals surface area contributed by atoms with Crippen molar-refractivity contribution in [3.8, 4) is 0 Å².